The quantitative estimate of drug-likeness (QED) is 0.155. The highest BCUT2D eigenvalue weighted by molar-refractivity contribution is 7.21. The Hall–Kier alpha value is -2.76. The Labute approximate surface area is 199 Å². The van der Waals surface area contributed by atoms with Gasteiger partial charge in [-0.25, -0.2) is 9.97 Å². The number of thiophene rings is 1. The van der Waals surface area contributed by atoms with Gasteiger partial charge in [0.15, 0.2) is 7.85 Å². The molecule has 1 aromatic carbocycles. The summed E-state index contributed by atoms with van der Waals surface area (Å²) in [5.74, 6) is -0.504. The van der Waals surface area contributed by atoms with Crippen molar-refractivity contribution in [2.45, 2.75) is 25.1 Å². The lowest BCUT2D eigenvalue weighted by Gasteiger charge is -2.25. The Morgan fingerprint density at radius 3 is 2.76 bits per heavy atom. The van der Waals surface area contributed by atoms with Gasteiger partial charge in [-0.15, -0.1) is 11.3 Å². The van der Waals surface area contributed by atoms with E-state index in [2.05, 4.69) is 10.3 Å². The molecule has 4 aromatic rings. The number of hydrogen-bond donors (Lipinski definition) is 5. The van der Waals surface area contributed by atoms with Crippen molar-refractivity contribution in [1.82, 2.24) is 9.97 Å². The maximum Gasteiger partial charge on any atom is 0.260 e. The van der Waals surface area contributed by atoms with Gasteiger partial charge in [-0.1, -0.05) is 18.5 Å². The number of nitrogens with one attached hydrogen (secondary N) is 1. The number of primary amides is 1. The molecule has 6 N–H and O–H groups in total. The van der Waals surface area contributed by atoms with Crippen LogP contribution in [0, 0.1) is 0 Å². The predicted octanol–water partition coefficient (Wildman–Crippen LogP) is 2.93. The zero-order valence-corrected chi connectivity index (χ0v) is 19.1. The maximum absolute atomic E-state index is 12.0. The number of nitrogens with two attached hydrogens (primary N) is 1. The smallest absolute Gasteiger partial charge is 0.260 e. The number of aliphatic hydroxyl groups is 3. The molecule has 0 saturated carbocycles. The van der Waals surface area contributed by atoms with Crippen LogP contribution in [-0.2, 0) is 0 Å². The number of amides is 1. The van der Waals surface area contributed by atoms with Crippen LogP contribution < -0.4 is 11.1 Å². The Morgan fingerprint density at radius 2 is 2.09 bits per heavy atom. The summed E-state index contributed by atoms with van der Waals surface area (Å²) in [6.45, 7) is 2.70. The molecule has 1 atom stereocenters. The molecule has 3 heterocycles. The summed E-state index contributed by atoms with van der Waals surface area (Å²) in [7, 11) is 5.27. The molecule has 0 saturated heterocycles. The van der Waals surface area contributed by atoms with E-state index >= 15 is 0 Å². The summed E-state index contributed by atoms with van der Waals surface area (Å²) in [4.78, 5) is 21.1. The van der Waals surface area contributed by atoms with Gasteiger partial charge in [0, 0.05) is 39.3 Å². The summed E-state index contributed by atoms with van der Waals surface area (Å²) in [6, 6.07) is 8.69. The molecule has 0 fully saturated rings. The normalized spacial score (nSPS) is 12.9. The predicted molar refractivity (Wildman–Crippen MR) is 131 cm³/mol. The van der Waals surface area contributed by atoms with Crippen LogP contribution in [0.25, 0.3) is 32.2 Å². The molecule has 11 heteroatoms. The van der Waals surface area contributed by atoms with Gasteiger partial charge in [0.25, 0.3) is 5.91 Å². The van der Waals surface area contributed by atoms with Crippen molar-refractivity contribution in [3.8, 4) is 11.3 Å². The Kier molecular flexibility index (Phi) is 6.30. The van der Waals surface area contributed by atoms with Crippen molar-refractivity contribution < 1.29 is 20.1 Å². The van der Waals surface area contributed by atoms with Gasteiger partial charge in [-0.05, 0) is 36.8 Å². The van der Waals surface area contributed by atoms with Gasteiger partial charge in [0.1, 0.15) is 21.8 Å². The van der Waals surface area contributed by atoms with Crippen molar-refractivity contribution in [2.75, 3.05) is 11.9 Å². The molecule has 3 aromatic heterocycles. The van der Waals surface area contributed by atoms with E-state index in [0.717, 1.165) is 21.9 Å². The van der Waals surface area contributed by atoms with Crippen LogP contribution in [0.1, 0.15) is 34.7 Å². The molecule has 168 valence electrons. The molecule has 0 aliphatic carbocycles. The van der Waals surface area contributed by atoms with Gasteiger partial charge >= 0.3 is 0 Å². The first kappa shape index (κ1) is 23.4. The van der Waals surface area contributed by atoms with E-state index in [9.17, 15) is 20.1 Å². The number of pyridine rings is 2. The van der Waals surface area contributed by atoms with Gasteiger partial charge in [-0.3, -0.25) is 4.79 Å². The molecule has 2 radical (unpaired) electrons. The molecule has 0 aliphatic heterocycles. The minimum atomic E-state index is -2.88. The second kappa shape index (κ2) is 8.88. The minimum absolute atomic E-state index is 0.0525. The number of carbonyl (C=O) groups is 1. The zero-order valence-electron chi connectivity index (χ0n) is 17.5. The topological polar surface area (TPSA) is 142 Å². The lowest BCUT2D eigenvalue weighted by atomic mass is 9.84. The van der Waals surface area contributed by atoms with E-state index < -0.39 is 17.7 Å². The third-order valence-corrected chi connectivity index (χ3v) is 6.55. The van der Waals surface area contributed by atoms with E-state index in [0.29, 0.717) is 33.9 Å². The Morgan fingerprint density at radius 1 is 1.33 bits per heavy atom. The number of fused-ring (bicyclic) bond motifs is 3. The number of aliphatic hydroxyl groups excluding tert-OH is 1. The average Bonchev–Trinajstić information content (AvgIpc) is 3.15. The zero-order chi connectivity index (χ0) is 23.9. The number of halogens is 1. The molecule has 0 bridgehead atoms. The fourth-order valence-corrected chi connectivity index (χ4v) is 4.86. The first-order valence-corrected chi connectivity index (χ1v) is 11.3. The number of hydrogen-bond acceptors (Lipinski definition) is 8. The van der Waals surface area contributed by atoms with E-state index in [1.54, 1.807) is 6.07 Å². The number of carbonyl (C=O) groups excluding carboxylic acids is 1. The molecule has 8 nitrogen and oxygen atoms in total. The molecule has 1 amide bonds. The lowest BCUT2D eigenvalue weighted by Crippen LogP contribution is -2.36. The number of aromatic nitrogens is 2. The molecule has 0 spiro atoms. The van der Waals surface area contributed by atoms with Crippen molar-refractivity contribution in [2.24, 2.45) is 5.73 Å². The summed E-state index contributed by atoms with van der Waals surface area (Å²) in [5, 5.41) is 34.8. The van der Waals surface area contributed by atoms with E-state index in [-0.39, 0.29) is 10.7 Å². The molecule has 0 aliphatic rings. The van der Waals surface area contributed by atoms with E-state index in [4.69, 9.17) is 30.2 Å². The number of benzene rings is 1. The standard InChI is InChI=1S/C22H20BClN4O4S/c1-2-7-26-18-17-10-3-4-14(28-13(10)5-6-15(17)33-19(18)21(25)30)11-8-16(24)27-9-12(11)20(29)22(23,31)32/h3-6,8-9,20,26,29,31-32H,2,7H2,1H3,(H2,25,30). The Bertz CT molecular complexity index is 1370. The summed E-state index contributed by atoms with van der Waals surface area (Å²) >= 11 is 7.37. The van der Waals surface area contributed by atoms with Crippen LogP contribution in [-0.4, -0.2) is 51.3 Å². The first-order chi connectivity index (χ1) is 15.6. The lowest BCUT2D eigenvalue weighted by molar-refractivity contribution is -0.163. The first-order valence-electron chi connectivity index (χ1n) is 10.1. The fourth-order valence-electron chi connectivity index (χ4n) is 3.65. The van der Waals surface area contributed by atoms with Crippen LogP contribution in [0.5, 0.6) is 0 Å². The highest BCUT2D eigenvalue weighted by Gasteiger charge is 2.31. The van der Waals surface area contributed by atoms with Crippen LogP contribution in [0.4, 0.5) is 5.69 Å². The summed E-state index contributed by atoms with van der Waals surface area (Å²) in [6.07, 6.45) is 0.239. The molecule has 4 rings (SSSR count). The van der Waals surface area contributed by atoms with Gasteiger partial charge in [0.2, 0.25) is 0 Å². The number of anilines is 1. The molecule has 33 heavy (non-hydrogen) atoms. The highest BCUT2D eigenvalue weighted by atomic mass is 35.5. The summed E-state index contributed by atoms with van der Waals surface area (Å²) in [5.41, 5.74) is 4.84. The SMILES string of the molecule is [B]C(O)(O)C(O)c1cnc(Cl)cc1-c1ccc2c(ccc3sc(C(N)=O)c(NCCC)c32)n1. The van der Waals surface area contributed by atoms with Crippen LogP contribution in [0.15, 0.2) is 36.5 Å². The average molecular weight is 483 g/mol. The van der Waals surface area contributed by atoms with E-state index in [1.165, 1.54) is 23.6 Å². The van der Waals surface area contributed by atoms with Crippen LogP contribution in [0.2, 0.25) is 5.15 Å². The molecular formula is C22H20BClN4O4S. The van der Waals surface area contributed by atoms with Crippen molar-refractivity contribution in [3.63, 3.8) is 0 Å². The van der Waals surface area contributed by atoms with Crippen molar-refractivity contribution in [1.29, 1.82) is 0 Å². The fraction of sp³-hybridized carbons (Fsp3) is 0.227. The Balaban J connectivity index is 1.93. The van der Waals surface area contributed by atoms with E-state index in [1.807, 2.05) is 25.1 Å². The highest BCUT2D eigenvalue weighted by Crippen LogP contribution is 2.41. The second-order valence-electron chi connectivity index (χ2n) is 7.58. The minimum Gasteiger partial charge on any atom is -0.384 e. The third kappa shape index (κ3) is 4.40. The number of rotatable bonds is 7. The second-order valence-corrected chi connectivity index (χ2v) is 9.02. The molecule has 1 unspecified atom stereocenters. The van der Waals surface area contributed by atoms with Crippen LogP contribution >= 0.6 is 22.9 Å². The van der Waals surface area contributed by atoms with Gasteiger partial charge in [0.05, 0.1) is 16.9 Å². The summed E-state index contributed by atoms with van der Waals surface area (Å²) < 4.78 is 0.890. The third-order valence-electron chi connectivity index (χ3n) is 5.17. The van der Waals surface area contributed by atoms with Crippen molar-refractivity contribution >= 4 is 63.4 Å². The largest absolute Gasteiger partial charge is 0.384 e. The van der Waals surface area contributed by atoms with Gasteiger partial charge in [-0.2, -0.15) is 0 Å². The molecular weight excluding hydrogens is 463 g/mol. The van der Waals surface area contributed by atoms with Crippen LogP contribution in [0.3, 0.4) is 0 Å². The number of nitrogens with zero attached hydrogens (tertiary/aromatic N) is 2. The van der Waals surface area contributed by atoms with Crippen molar-refractivity contribution in [3.05, 3.63) is 52.1 Å². The van der Waals surface area contributed by atoms with Gasteiger partial charge < -0.3 is 26.4 Å². The maximum atomic E-state index is 12.0. The monoisotopic (exact) mass is 482 g/mol.